The predicted molar refractivity (Wildman–Crippen MR) is 71.3 cm³/mol. The van der Waals surface area contributed by atoms with Crippen LogP contribution in [0.3, 0.4) is 0 Å². The molecule has 0 unspecified atom stereocenters. The van der Waals surface area contributed by atoms with Crippen LogP contribution in [0.2, 0.25) is 0 Å². The molecule has 5 heteroatoms. The molecule has 0 fully saturated rings. The van der Waals surface area contributed by atoms with Crippen molar-refractivity contribution < 1.29 is 5.11 Å². The molecule has 0 radical (unpaired) electrons. The molecule has 2 aromatic rings. The number of nitrogens with two attached hydrogens (primary N) is 1. The highest BCUT2D eigenvalue weighted by Crippen LogP contribution is 2.25. The zero-order chi connectivity index (χ0) is 12.8. The van der Waals surface area contributed by atoms with E-state index >= 15 is 0 Å². The van der Waals surface area contributed by atoms with E-state index in [2.05, 4.69) is 15.3 Å². The van der Waals surface area contributed by atoms with Crippen LogP contribution in [0.4, 0.5) is 5.69 Å². The van der Waals surface area contributed by atoms with Crippen molar-refractivity contribution in [2.45, 2.75) is 6.42 Å². The van der Waals surface area contributed by atoms with Gasteiger partial charge in [-0.15, -0.1) is 0 Å². The van der Waals surface area contributed by atoms with Crippen LogP contribution in [0.15, 0.2) is 36.7 Å². The van der Waals surface area contributed by atoms with Crippen LogP contribution in [0.25, 0.3) is 11.4 Å². The number of phenolic OH excluding ortho intramolecular Hbond substituents is 1. The van der Waals surface area contributed by atoms with Gasteiger partial charge in [-0.05, 0) is 25.1 Å². The Labute approximate surface area is 106 Å². The summed E-state index contributed by atoms with van der Waals surface area (Å²) >= 11 is 0. The van der Waals surface area contributed by atoms with Crippen LogP contribution < -0.4 is 11.1 Å². The molecule has 0 spiro atoms. The number of hydrogen-bond donors (Lipinski definition) is 3. The van der Waals surface area contributed by atoms with Crippen LogP contribution in [0.1, 0.15) is 6.42 Å². The average molecular weight is 244 g/mol. The summed E-state index contributed by atoms with van der Waals surface area (Å²) in [5.41, 5.74) is 6.89. The van der Waals surface area contributed by atoms with E-state index in [9.17, 15) is 5.11 Å². The van der Waals surface area contributed by atoms with Crippen LogP contribution in [0, 0.1) is 0 Å². The summed E-state index contributed by atoms with van der Waals surface area (Å²) in [4.78, 5) is 8.45. The van der Waals surface area contributed by atoms with Gasteiger partial charge in [-0.25, -0.2) is 9.97 Å². The molecule has 0 bridgehead atoms. The largest absolute Gasteiger partial charge is 0.507 e. The van der Waals surface area contributed by atoms with Gasteiger partial charge < -0.3 is 16.2 Å². The summed E-state index contributed by atoms with van der Waals surface area (Å²) in [7, 11) is 0. The number of nitrogens with one attached hydrogen (secondary N) is 1. The summed E-state index contributed by atoms with van der Waals surface area (Å²) in [5.74, 6) is 0.693. The van der Waals surface area contributed by atoms with Gasteiger partial charge in [0.15, 0.2) is 5.82 Å². The first-order valence-corrected chi connectivity index (χ1v) is 5.85. The third kappa shape index (κ3) is 2.95. The van der Waals surface area contributed by atoms with Gasteiger partial charge in [0.05, 0.1) is 23.6 Å². The molecular formula is C13H16N4O. The molecule has 0 aliphatic heterocycles. The Morgan fingerprint density at radius 3 is 2.56 bits per heavy atom. The van der Waals surface area contributed by atoms with Crippen molar-refractivity contribution >= 4 is 5.69 Å². The summed E-state index contributed by atoms with van der Waals surface area (Å²) < 4.78 is 0. The van der Waals surface area contributed by atoms with Crippen molar-refractivity contribution in [3.8, 4) is 17.1 Å². The van der Waals surface area contributed by atoms with Gasteiger partial charge in [0.1, 0.15) is 5.75 Å². The first-order chi connectivity index (χ1) is 8.81. The minimum Gasteiger partial charge on any atom is -0.507 e. The maximum atomic E-state index is 9.70. The SMILES string of the molecule is NCCCNc1cnc(-c2ccccc2O)nc1. The van der Waals surface area contributed by atoms with E-state index in [0.29, 0.717) is 17.9 Å². The molecule has 5 nitrogen and oxygen atoms in total. The molecule has 1 heterocycles. The highest BCUT2D eigenvalue weighted by Gasteiger charge is 2.05. The highest BCUT2D eigenvalue weighted by molar-refractivity contribution is 5.63. The van der Waals surface area contributed by atoms with E-state index in [0.717, 1.165) is 18.7 Å². The van der Waals surface area contributed by atoms with Crippen LogP contribution in [-0.2, 0) is 0 Å². The van der Waals surface area contributed by atoms with E-state index in [1.54, 1.807) is 30.6 Å². The second-order valence-corrected chi connectivity index (χ2v) is 3.88. The maximum Gasteiger partial charge on any atom is 0.163 e. The van der Waals surface area contributed by atoms with Gasteiger partial charge in [0.25, 0.3) is 0 Å². The van der Waals surface area contributed by atoms with Crippen LogP contribution in [-0.4, -0.2) is 28.2 Å². The number of aromatic hydroxyl groups is 1. The molecule has 94 valence electrons. The summed E-state index contributed by atoms with van der Waals surface area (Å²) in [6.45, 7) is 1.46. The number of anilines is 1. The highest BCUT2D eigenvalue weighted by atomic mass is 16.3. The van der Waals surface area contributed by atoms with Crippen LogP contribution in [0.5, 0.6) is 5.75 Å². The molecule has 0 saturated carbocycles. The van der Waals surface area contributed by atoms with Gasteiger partial charge >= 0.3 is 0 Å². The molecule has 0 atom stereocenters. The maximum absolute atomic E-state index is 9.70. The predicted octanol–water partition coefficient (Wildman–Crippen LogP) is 1.61. The van der Waals surface area contributed by atoms with Crippen molar-refractivity contribution in [1.82, 2.24) is 9.97 Å². The second-order valence-electron chi connectivity index (χ2n) is 3.88. The Morgan fingerprint density at radius 2 is 1.89 bits per heavy atom. The van der Waals surface area contributed by atoms with Crippen molar-refractivity contribution in [2.75, 3.05) is 18.4 Å². The molecule has 0 aliphatic rings. The normalized spacial score (nSPS) is 10.3. The lowest BCUT2D eigenvalue weighted by molar-refractivity contribution is 0.477. The quantitative estimate of drug-likeness (QED) is 0.696. The van der Waals surface area contributed by atoms with E-state index in [1.165, 1.54) is 0 Å². The standard InChI is InChI=1S/C13H16N4O/c14-6-3-7-15-10-8-16-13(17-9-10)11-4-1-2-5-12(11)18/h1-2,4-5,8-9,15,18H,3,6-7,14H2. The molecule has 0 aliphatic carbocycles. The third-order valence-electron chi connectivity index (χ3n) is 2.51. The number of para-hydroxylation sites is 1. The molecule has 0 saturated heterocycles. The number of nitrogens with zero attached hydrogens (tertiary/aromatic N) is 2. The Bertz CT molecular complexity index is 499. The first-order valence-electron chi connectivity index (χ1n) is 5.85. The minimum atomic E-state index is 0.182. The number of benzene rings is 1. The van der Waals surface area contributed by atoms with Gasteiger partial charge in [0, 0.05) is 6.54 Å². The lowest BCUT2D eigenvalue weighted by Gasteiger charge is -2.06. The lowest BCUT2D eigenvalue weighted by Crippen LogP contribution is -2.08. The second kappa shape index (κ2) is 5.97. The summed E-state index contributed by atoms with van der Waals surface area (Å²) in [6, 6.07) is 7.01. The van der Waals surface area contributed by atoms with Crippen LogP contribution >= 0.6 is 0 Å². The van der Waals surface area contributed by atoms with Crippen molar-refractivity contribution in [2.24, 2.45) is 5.73 Å². The van der Waals surface area contributed by atoms with Crippen molar-refractivity contribution in [3.05, 3.63) is 36.7 Å². The van der Waals surface area contributed by atoms with E-state index < -0.39 is 0 Å². The van der Waals surface area contributed by atoms with E-state index in [-0.39, 0.29) is 5.75 Å². The fourth-order valence-corrected chi connectivity index (χ4v) is 1.56. The van der Waals surface area contributed by atoms with Gasteiger partial charge in [0.2, 0.25) is 0 Å². The molecule has 2 rings (SSSR count). The van der Waals surface area contributed by atoms with Crippen molar-refractivity contribution in [1.29, 1.82) is 0 Å². The molecule has 1 aromatic carbocycles. The first kappa shape index (κ1) is 12.3. The third-order valence-corrected chi connectivity index (χ3v) is 2.51. The zero-order valence-electron chi connectivity index (χ0n) is 10.0. The Balaban J connectivity index is 2.10. The topological polar surface area (TPSA) is 84.1 Å². The molecule has 18 heavy (non-hydrogen) atoms. The molecular weight excluding hydrogens is 228 g/mol. The number of aromatic nitrogens is 2. The van der Waals surface area contributed by atoms with Gasteiger partial charge in [-0.3, -0.25) is 0 Å². The molecule has 4 N–H and O–H groups in total. The molecule has 1 aromatic heterocycles. The number of rotatable bonds is 5. The summed E-state index contributed by atoms with van der Waals surface area (Å²) in [5, 5.41) is 12.9. The lowest BCUT2D eigenvalue weighted by atomic mass is 10.2. The fourth-order valence-electron chi connectivity index (χ4n) is 1.56. The molecule has 0 amide bonds. The smallest absolute Gasteiger partial charge is 0.163 e. The summed E-state index contributed by atoms with van der Waals surface area (Å²) in [6.07, 6.45) is 4.30. The van der Waals surface area contributed by atoms with Gasteiger partial charge in [-0.1, -0.05) is 12.1 Å². The monoisotopic (exact) mass is 244 g/mol. The Hall–Kier alpha value is -2.14. The minimum absolute atomic E-state index is 0.182. The zero-order valence-corrected chi connectivity index (χ0v) is 10.0. The number of hydrogen-bond acceptors (Lipinski definition) is 5. The average Bonchev–Trinajstić information content (AvgIpc) is 2.41. The van der Waals surface area contributed by atoms with Gasteiger partial charge in [-0.2, -0.15) is 0 Å². The van der Waals surface area contributed by atoms with Crippen molar-refractivity contribution in [3.63, 3.8) is 0 Å². The van der Waals surface area contributed by atoms with E-state index in [4.69, 9.17) is 5.73 Å². The fraction of sp³-hybridized carbons (Fsp3) is 0.231. The Morgan fingerprint density at radius 1 is 1.17 bits per heavy atom. The Kier molecular flexibility index (Phi) is 4.09. The van der Waals surface area contributed by atoms with E-state index in [1.807, 2.05) is 6.07 Å². The number of phenols is 1.